The van der Waals surface area contributed by atoms with Gasteiger partial charge in [0.15, 0.2) is 0 Å². The SMILES string of the molecule is Nc1c(F)cccc1-c1ccsc1Cl. The summed E-state index contributed by atoms with van der Waals surface area (Å²) in [4.78, 5) is 0. The van der Waals surface area contributed by atoms with Gasteiger partial charge in [-0.15, -0.1) is 11.3 Å². The van der Waals surface area contributed by atoms with Gasteiger partial charge in [-0.3, -0.25) is 0 Å². The van der Waals surface area contributed by atoms with Crippen LogP contribution in [0.3, 0.4) is 0 Å². The molecule has 4 heteroatoms. The molecule has 2 aromatic rings. The lowest BCUT2D eigenvalue weighted by Crippen LogP contribution is -1.93. The van der Waals surface area contributed by atoms with Crippen molar-refractivity contribution in [2.45, 2.75) is 0 Å². The number of hydrogen-bond donors (Lipinski definition) is 1. The molecule has 2 rings (SSSR count). The molecule has 0 aliphatic carbocycles. The maximum absolute atomic E-state index is 13.1. The number of halogens is 2. The van der Waals surface area contributed by atoms with Gasteiger partial charge in [0.2, 0.25) is 0 Å². The standard InChI is InChI=1S/C10H7ClFNS/c11-10-7(4-5-14-10)6-2-1-3-8(12)9(6)13/h1-5H,13H2. The first kappa shape index (κ1) is 9.49. The average Bonchev–Trinajstić information content (AvgIpc) is 2.57. The van der Waals surface area contributed by atoms with E-state index in [4.69, 9.17) is 17.3 Å². The Hall–Kier alpha value is -1.06. The molecule has 0 saturated heterocycles. The van der Waals surface area contributed by atoms with E-state index in [2.05, 4.69) is 0 Å². The lowest BCUT2D eigenvalue weighted by molar-refractivity contribution is 0.633. The molecule has 0 unspecified atom stereocenters. The van der Waals surface area contributed by atoms with Crippen LogP contribution in [0.5, 0.6) is 0 Å². The Morgan fingerprint density at radius 3 is 2.64 bits per heavy atom. The Labute approximate surface area is 89.9 Å². The number of thiophene rings is 1. The van der Waals surface area contributed by atoms with Gasteiger partial charge in [0.05, 0.1) is 5.69 Å². The van der Waals surface area contributed by atoms with E-state index in [1.54, 1.807) is 12.1 Å². The van der Waals surface area contributed by atoms with Crippen LogP contribution in [0.2, 0.25) is 4.34 Å². The van der Waals surface area contributed by atoms with Crippen LogP contribution in [0.1, 0.15) is 0 Å². The number of anilines is 1. The first-order valence-electron chi connectivity index (χ1n) is 3.97. The number of nitrogen functional groups attached to an aromatic ring is 1. The molecule has 1 nitrogen and oxygen atoms in total. The minimum atomic E-state index is -0.412. The van der Waals surface area contributed by atoms with Crippen molar-refractivity contribution in [1.82, 2.24) is 0 Å². The molecule has 0 radical (unpaired) electrons. The number of rotatable bonds is 1. The van der Waals surface area contributed by atoms with E-state index in [1.165, 1.54) is 17.4 Å². The summed E-state index contributed by atoms with van der Waals surface area (Å²) in [5, 5.41) is 1.85. The normalized spacial score (nSPS) is 10.4. The Kier molecular flexibility index (Phi) is 2.44. The van der Waals surface area contributed by atoms with Crippen LogP contribution >= 0.6 is 22.9 Å². The minimum absolute atomic E-state index is 0.146. The van der Waals surface area contributed by atoms with Gasteiger partial charge in [-0.2, -0.15) is 0 Å². The van der Waals surface area contributed by atoms with Gasteiger partial charge >= 0.3 is 0 Å². The number of benzene rings is 1. The third-order valence-electron chi connectivity index (χ3n) is 1.96. The summed E-state index contributed by atoms with van der Waals surface area (Å²) < 4.78 is 13.8. The van der Waals surface area contributed by atoms with Gasteiger partial charge in [0.25, 0.3) is 0 Å². The molecular weight excluding hydrogens is 221 g/mol. The maximum atomic E-state index is 13.1. The third-order valence-corrected chi connectivity index (χ3v) is 3.13. The summed E-state index contributed by atoms with van der Waals surface area (Å²) in [6.07, 6.45) is 0. The first-order chi connectivity index (χ1) is 6.70. The Morgan fingerprint density at radius 1 is 1.21 bits per heavy atom. The van der Waals surface area contributed by atoms with E-state index in [0.29, 0.717) is 9.90 Å². The highest BCUT2D eigenvalue weighted by atomic mass is 35.5. The number of nitrogens with two attached hydrogens (primary N) is 1. The van der Waals surface area contributed by atoms with E-state index in [0.717, 1.165) is 5.56 Å². The summed E-state index contributed by atoms with van der Waals surface area (Å²) in [5.74, 6) is -0.412. The third kappa shape index (κ3) is 1.49. The lowest BCUT2D eigenvalue weighted by atomic mass is 10.1. The summed E-state index contributed by atoms with van der Waals surface area (Å²) >= 11 is 7.34. The molecule has 1 aromatic heterocycles. The van der Waals surface area contributed by atoms with Crippen molar-refractivity contribution in [2.24, 2.45) is 0 Å². The Balaban J connectivity index is 2.63. The van der Waals surface area contributed by atoms with Crippen LogP contribution in [0.4, 0.5) is 10.1 Å². The van der Waals surface area contributed by atoms with E-state index in [-0.39, 0.29) is 5.69 Å². The van der Waals surface area contributed by atoms with E-state index in [1.807, 2.05) is 11.4 Å². The van der Waals surface area contributed by atoms with Gasteiger partial charge < -0.3 is 5.73 Å². The summed E-state index contributed by atoms with van der Waals surface area (Å²) in [7, 11) is 0. The predicted octanol–water partition coefficient (Wildman–Crippen LogP) is 3.79. The Bertz CT molecular complexity index is 467. The topological polar surface area (TPSA) is 26.0 Å². The quantitative estimate of drug-likeness (QED) is 0.737. The number of hydrogen-bond acceptors (Lipinski definition) is 2. The monoisotopic (exact) mass is 227 g/mol. The fourth-order valence-electron chi connectivity index (χ4n) is 1.26. The molecule has 1 heterocycles. The molecule has 0 fully saturated rings. The summed E-state index contributed by atoms with van der Waals surface area (Å²) in [6.45, 7) is 0. The zero-order valence-corrected chi connectivity index (χ0v) is 8.70. The van der Waals surface area contributed by atoms with Crippen molar-refractivity contribution < 1.29 is 4.39 Å². The van der Waals surface area contributed by atoms with Gasteiger partial charge in [0.1, 0.15) is 10.2 Å². The van der Waals surface area contributed by atoms with Crippen LogP contribution in [0, 0.1) is 5.82 Å². The summed E-state index contributed by atoms with van der Waals surface area (Å²) in [5.41, 5.74) is 7.19. The molecule has 0 aliphatic rings. The molecule has 0 atom stereocenters. The fraction of sp³-hybridized carbons (Fsp3) is 0. The van der Waals surface area contributed by atoms with E-state index >= 15 is 0 Å². The van der Waals surface area contributed by atoms with Gasteiger partial charge in [-0.05, 0) is 17.5 Å². The molecule has 0 aliphatic heterocycles. The van der Waals surface area contributed by atoms with Crippen molar-refractivity contribution >= 4 is 28.6 Å². The molecule has 0 bridgehead atoms. The van der Waals surface area contributed by atoms with Crippen molar-refractivity contribution in [2.75, 3.05) is 5.73 Å². The summed E-state index contributed by atoms with van der Waals surface area (Å²) in [6, 6.07) is 6.54. The first-order valence-corrected chi connectivity index (χ1v) is 5.23. The van der Waals surface area contributed by atoms with Crippen LogP contribution in [-0.2, 0) is 0 Å². The molecule has 72 valence electrons. The van der Waals surface area contributed by atoms with Crippen molar-refractivity contribution in [3.8, 4) is 11.1 Å². The Morgan fingerprint density at radius 2 is 2.00 bits per heavy atom. The highest BCUT2D eigenvalue weighted by Gasteiger charge is 2.10. The van der Waals surface area contributed by atoms with Crippen molar-refractivity contribution in [3.05, 3.63) is 39.8 Å². The second-order valence-electron chi connectivity index (χ2n) is 2.81. The van der Waals surface area contributed by atoms with Crippen molar-refractivity contribution in [3.63, 3.8) is 0 Å². The molecular formula is C10H7ClFNS. The van der Waals surface area contributed by atoms with Crippen LogP contribution < -0.4 is 5.73 Å². The maximum Gasteiger partial charge on any atom is 0.146 e. The number of para-hydroxylation sites is 1. The van der Waals surface area contributed by atoms with E-state index in [9.17, 15) is 4.39 Å². The highest BCUT2D eigenvalue weighted by molar-refractivity contribution is 7.15. The largest absolute Gasteiger partial charge is 0.396 e. The van der Waals surface area contributed by atoms with Gasteiger partial charge in [0, 0.05) is 11.1 Å². The van der Waals surface area contributed by atoms with Crippen LogP contribution in [0.15, 0.2) is 29.6 Å². The average molecular weight is 228 g/mol. The fourth-order valence-corrected chi connectivity index (χ4v) is 2.21. The molecule has 0 saturated carbocycles. The second-order valence-corrected chi connectivity index (χ2v) is 4.33. The molecule has 14 heavy (non-hydrogen) atoms. The zero-order chi connectivity index (χ0) is 10.1. The van der Waals surface area contributed by atoms with Crippen LogP contribution in [0.25, 0.3) is 11.1 Å². The molecule has 0 amide bonds. The highest BCUT2D eigenvalue weighted by Crippen LogP contribution is 2.36. The predicted molar refractivity (Wildman–Crippen MR) is 59.1 cm³/mol. The van der Waals surface area contributed by atoms with Gasteiger partial charge in [-0.25, -0.2) is 4.39 Å². The molecule has 0 spiro atoms. The second kappa shape index (κ2) is 3.59. The minimum Gasteiger partial charge on any atom is -0.396 e. The smallest absolute Gasteiger partial charge is 0.146 e. The van der Waals surface area contributed by atoms with Crippen molar-refractivity contribution in [1.29, 1.82) is 0 Å². The van der Waals surface area contributed by atoms with Crippen LogP contribution in [-0.4, -0.2) is 0 Å². The molecule has 2 N–H and O–H groups in total. The molecule has 1 aromatic carbocycles. The van der Waals surface area contributed by atoms with E-state index < -0.39 is 5.82 Å². The van der Waals surface area contributed by atoms with Gasteiger partial charge in [-0.1, -0.05) is 23.7 Å². The zero-order valence-electron chi connectivity index (χ0n) is 7.13. The lowest BCUT2D eigenvalue weighted by Gasteiger charge is -2.04.